The molecule has 0 unspecified atom stereocenters. The minimum atomic E-state index is -4.49. The number of carbonyl (C=O) groups excluding carboxylic acids is 3. The lowest BCUT2D eigenvalue weighted by molar-refractivity contribution is -0.159. The number of likely N-dealkylation sites (tertiary alicyclic amines) is 1. The fraction of sp³-hybridized carbons (Fsp3) is 0.769. The van der Waals surface area contributed by atoms with Crippen LogP contribution in [0.2, 0.25) is 0 Å². The van der Waals surface area contributed by atoms with Gasteiger partial charge in [0.15, 0.2) is 0 Å². The molecule has 0 aromatic carbocycles. The Labute approximate surface area is 124 Å². The number of hydrogen-bond acceptors (Lipinski definition) is 3. The van der Waals surface area contributed by atoms with Gasteiger partial charge in [0.2, 0.25) is 5.91 Å². The van der Waals surface area contributed by atoms with Gasteiger partial charge in [0.25, 0.3) is 5.91 Å². The first kappa shape index (κ1) is 15.1. The van der Waals surface area contributed by atoms with E-state index in [2.05, 4.69) is 0 Å². The van der Waals surface area contributed by atoms with Gasteiger partial charge in [-0.3, -0.25) is 9.59 Å². The summed E-state index contributed by atoms with van der Waals surface area (Å²) in [5.41, 5.74) is -0.950. The number of fused-ring (bicyclic) bond motifs is 1. The van der Waals surface area contributed by atoms with Crippen LogP contribution in [0.5, 0.6) is 0 Å². The molecule has 6 nitrogen and oxygen atoms in total. The summed E-state index contributed by atoms with van der Waals surface area (Å²) in [6, 6.07) is -1.66. The monoisotopic (exact) mass is 319 g/mol. The highest BCUT2D eigenvalue weighted by molar-refractivity contribution is 6.10. The fourth-order valence-corrected chi connectivity index (χ4v) is 3.58. The summed E-state index contributed by atoms with van der Waals surface area (Å²) in [6.45, 7) is 0.633. The van der Waals surface area contributed by atoms with E-state index in [1.165, 1.54) is 4.90 Å². The standard InChI is InChI=1S/C13H16F3N3O3/c1-12-4-2-5-18(12)11(22)19(10(12)21)8-3-6-17(9(8)20)7-13(14,15)16/h8H,2-7H2,1H3/t8-,12+/m1/s1. The second-order valence-electron chi connectivity index (χ2n) is 6.17. The molecule has 0 spiro atoms. The topological polar surface area (TPSA) is 60.9 Å². The van der Waals surface area contributed by atoms with Gasteiger partial charge in [-0.1, -0.05) is 0 Å². The second kappa shape index (κ2) is 4.60. The molecule has 0 aromatic rings. The van der Waals surface area contributed by atoms with Gasteiger partial charge in [-0.05, 0) is 26.2 Å². The number of imide groups is 1. The van der Waals surface area contributed by atoms with E-state index in [4.69, 9.17) is 0 Å². The van der Waals surface area contributed by atoms with Crippen LogP contribution in [0, 0.1) is 0 Å². The molecular weight excluding hydrogens is 303 g/mol. The van der Waals surface area contributed by atoms with Crippen LogP contribution in [-0.4, -0.2) is 69.9 Å². The van der Waals surface area contributed by atoms with Gasteiger partial charge in [0, 0.05) is 13.1 Å². The zero-order valence-electron chi connectivity index (χ0n) is 12.0. The molecule has 3 saturated heterocycles. The average Bonchev–Trinajstić information content (AvgIpc) is 2.99. The van der Waals surface area contributed by atoms with Crippen molar-refractivity contribution in [2.24, 2.45) is 0 Å². The molecule has 22 heavy (non-hydrogen) atoms. The van der Waals surface area contributed by atoms with E-state index in [9.17, 15) is 27.6 Å². The first-order chi connectivity index (χ1) is 10.1. The number of nitrogens with zero attached hydrogens (tertiary/aromatic N) is 3. The van der Waals surface area contributed by atoms with E-state index in [1.54, 1.807) is 6.92 Å². The van der Waals surface area contributed by atoms with Crippen molar-refractivity contribution in [1.82, 2.24) is 14.7 Å². The van der Waals surface area contributed by atoms with Crippen LogP contribution in [0.4, 0.5) is 18.0 Å². The van der Waals surface area contributed by atoms with E-state index in [1.807, 2.05) is 0 Å². The van der Waals surface area contributed by atoms with Crippen molar-refractivity contribution >= 4 is 17.8 Å². The molecule has 0 aliphatic carbocycles. The number of urea groups is 1. The van der Waals surface area contributed by atoms with E-state index in [-0.39, 0.29) is 13.0 Å². The molecule has 4 amide bonds. The summed E-state index contributed by atoms with van der Waals surface area (Å²) < 4.78 is 37.3. The highest BCUT2D eigenvalue weighted by atomic mass is 19.4. The van der Waals surface area contributed by atoms with Gasteiger partial charge in [-0.2, -0.15) is 13.2 Å². The van der Waals surface area contributed by atoms with Crippen molar-refractivity contribution in [1.29, 1.82) is 0 Å². The van der Waals surface area contributed by atoms with Crippen molar-refractivity contribution in [3.63, 3.8) is 0 Å². The van der Waals surface area contributed by atoms with Gasteiger partial charge in [0.1, 0.15) is 18.1 Å². The number of alkyl halides is 3. The third kappa shape index (κ3) is 2.05. The largest absolute Gasteiger partial charge is 0.406 e. The third-order valence-corrected chi connectivity index (χ3v) is 4.71. The molecule has 3 heterocycles. The minimum absolute atomic E-state index is 0.0519. The summed E-state index contributed by atoms with van der Waals surface area (Å²) >= 11 is 0. The summed E-state index contributed by atoms with van der Waals surface area (Å²) in [5.74, 6) is -1.27. The lowest BCUT2D eigenvalue weighted by Crippen LogP contribution is -2.48. The summed E-state index contributed by atoms with van der Waals surface area (Å²) in [6.07, 6.45) is -3.21. The molecule has 3 aliphatic heterocycles. The Balaban J connectivity index is 1.80. The molecule has 0 aromatic heterocycles. The van der Waals surface area contributed by atoms with Crippen LogP contribution in [0.15, 0.2) is 0 Å². The Morgan fingerprint density at radius 3 is 2.50 bits per heavy atom. The van der Waals surface area contributed by atoms with Crippen molar-refractivity contribution in [2.75, 3.05) is 19.6 Å². The van der Waals surface area contributed by atoms with Crippen LogP contribution in [-0.2, 0) is 9.59 Å². The molecule has 3 rings (SSSR count). The molecule has 0 radical (unpaired) electrons. The fourth-order valence-electron chi connectivity index (χ4n) is 3.58. The van der Waals surface area contributed by atoms with Crippen LogP contribution in [0.3, 0.4) is 0 Å². The summed E-state index contributed by atoms with van der Waals surface area (Å²) in [7, 11) is 0. The number of carbonyl (C=O) groups is 3. The Morgan fingerprint density at radius 1 is 1.23 bits per heavy atom. The van der Waals surface area contributed by atoms with Gasteiger partial charge < -0.3 is 9.80 Å². The zero-order valence-corrected chi connectivity index (χ0v) is 12.0. The minimum Gasteiger partial charge on any atom is -0.332 e. The highest BCUT2D eigenvalue weighted by Gasteiger charge is 2.60. The Hall–Kier alpha value is -1.80. The van der Waals surface area contributed by atoms with E-state index in [0.29, 0.717) is 24.3 Å². The lowest BCUT2D eigenvalue weighted by atomic mass is 9.99. The second-order valence-corrected chi connectivity index (χ2v) is 6.17. The first-order valence-electron chi connectivity index (χ1n) is 7.16. The van der Waals surface area contributed by atoms with Crippen molar-refractivity contribution in [3.8, 4) is 0 Å². The Morgan fingerprint density at radius 2 is 1.91 bits per heavy atom. The quantitative estimate of drug-likeness (QED) is 0.713. The molecule has 3 aliphatic rings. The van der Waals surface area contributed by atoms with Gasteiger partial charge in [-0.15, -0.1) is 0 Å². The SMILES string of the molecule is C[C@@]12CCCN1C(=O)N([C@@H]1CCN(CC(F)(F)F)C1=O)C2=O. The molecule has 3 fully saturated rings. The molecular formula is C13H16F3N3O3. The third-order valence-electron chi connectivity index (χ3n) is 4.71. The van der Waals surface area contributed by atoms with Crippen LogP contribution in [0.1, 0.15) is 26.2 Å². The summed E-state index contributed by atoms with van der Waals surface area (Å²) in [5, 5.41) is 0. The van der Waals surface area contributed by atoms with Gasteiger partial charge >= 0.3 is 12.2 Å². The molecule has 122 valence electrons. The lowest BCUT2D eigenvalue weighted by Gasteiger charge is -2.23. The zero-order chi connectivity index (χ0) is 16.3. The van der Waals surface area contributed by atoms with Crippen molar-refractivity contribution < 1.29 is 27.6 Å². The smallest absolute Gasteiger partial charge is 0.332 e. The van der Waals surface area contributed by atoms with Crippen LogP contribution < -0.4 is 0 Å². The van der Waals surface area contributed by atoms with Crippen LogP contribution >= 0.6 is 0 Å². The van der Waals surface area contributed by atoms with Crippen molar-refractivity contribution in [2.45, 2.75) is 43.9 Å². The predicted molar refractivity (Wildman–Crippen MR) is 67.6 cm³/mol. The highest BCUT2D eigenvalue weighted by Crippen LogP contribution is 2.39. The number of hydrogen-bond donors (Lipinski definition) is 0. The molecule has 2 atom stereocenters. The number of amides is 4. The van der Waals surface area contributed by atoms with E-state index in [0.717, 1.165) is 4.90 Å². The predicted octanol–water partition coefficient (Wildman–Crippen LogP) is 0.966. The maximum atomic E-state index is 12.5. The Bertz CT molecular complexity index is 550. The molecule has 9 heteroatoms. The molecule has 0 saturated carbocycles. The average molecular weight is 319 g/mol. The first-order valence-corrected chi connectivity index (χ1v) is 7.16. The van der Waals surface area contributed by atoms with Gasteiger partial charge in [0.05, 0.1) is 0 Å². The van der Waals surface area contributed by atoms with E-state index < -0.39 is 42.1 Å². The number of halogens is 3. The summed E-state index contributed by atoms with van der Waals surface area (Å²) in [4.78, 5) is 40.0. The maximum absolute atomic E-state index is 12.5. The molecule has 0 bridgehead atoms. The van der Waals surface area contributed by atoms with Crippen LogP contribution in [0.25, 0.3) is 0 Å². The number of rotatable bonds is 2. The maximum Gasteiger partial charge on any atom is 0.406 e. The van der Waals surface area contributed by atoms with Gasteiger partial charge in [-0.25, -0.2) is 9.69 Å². The van der Waals surface area contributed by atoms with Crippen molar-refractivity contribution in [3.05, 3.63) is 0 Å². The Kier molecular flexibility index (Phi) is 3.16. The normalized spacial score (nSPS) is 32.5. The van der Waals surface area contributed by atoms with E-state index >= 15 is 0 Å². The molecule has 0 N–H and O–H groups in total.